The topological polar surface area (TPSA) is 68.0 Å². The van der Waals surface area contributed by atoms with Crippen molar-refractivity contribution < 1.29 is 4.79 Å². The van der Waals surface area contributed by atoms with Gasteiger partial charge in [0.2, 0.25) is 0 Å². The number of benzene rings is 1. The number of aromatic nitrogens is 1. The van der Waals surface area contributed by atoms with E-state index in [2.05, 4.69) is 26.2 Å². The summed E-state index contributed by atoms with van der Waals surface area (Å²) < 4.78 is 0.783. The third kappa shape index (κ3) is 3.00. The predicted molar refractivity (Wildman–Crippen MR) is 75.8 cm³/mol. The second-order valence-corrected chi connectivity index (χ2v) is 4.90. The zero-order valence-electron chi connectivity index (χ0n) is 9.15. The summed E-state index contributed by atoms with van der Waals surface area (Å²) >= 11 is 9.00. The molecule has 0 radical (unpaired) electrons. The fourth-order valence-electron chi connectivity index (χ4n) is 1.36. The number of pyridine rings is 1. The lowest BCUT2D eigenvalue weighted by atomic mass is 10.1. The fourth-order valence-corrected chi connectivity index (χ4v) is 1.83. The molecule has 0 aliphatic heterocycles. The highest BCUT2D eigenvalue weighted by Gasteiger charge is 2.10. The van der Waals surface area contributed by atoms with Crippen LogP contribution < -0.4 is 11.1 Å². The van der Waals surface area contributed by atoms with Gasteiger partial charge >= 0.3 is 0 Å². The molecule has 3 N–H and O–H groups in total. The van der Waals surface area contributed by atoms with E-state index in [-0.39, 0.29) is 5.91 Å². The number of hydrogen-bond donors (Lipinski definition) is 2. The second kappa shape index (κ2) is 5.37. The lowest BCUT2D eigenvalue weighted by Gasteiger charge is -2.07. The van der Waals surface area contributed by atoms with E-state index in [4.69, 9.17) is 17.3 Å². The highest BCUT2D eigenvalue weighted by molar-refractivity contribution is 9.10. The van der Waals surface area contributed by atoms with Gasteiger partial charge in [0.1, 0.15) is 5.82 Å². The van der Waals surface area contributed by atoms with Crippen LogP contribution in [0, 0.1) is 0 Å². The molecular weight excluding hydrogens is 318 g/mol. The van der Waals surface area contributed by atoms with Crippen LogP contribution in [0.5, 0.6) is 0 Å². The normalized spacial score (nSPS) is 10.1. The average molecular weight is 327 g/mol. The summed E-state index contributed by atoms with van der Waals surface area (Å²) in [5, 5.41) is 3.15. The summed E-state index contributed by atoms with van der Waals surface area (Å²) in [6.07, 6.45) is 1.46. The Hall–Kier alpha value is -1.59. The average Bonchev–Trinajstić information content (AvgIpc) is 2.35. The van der Waals surface area contributed by atoms with E-state index >= 15 is 0 Å². The molecule has 6 heteroatoms. The molecule has 1 amide bonds. The van der Waals surface area contributed by atoms with E-state index in [0.717, 1.165) is 4.47 Å². The number of nitrogens with one attached hydrogen (secondary N) is 1. The summed E-state index contributed by atoms with van der Waals surface area (Å²) in [5.41, 5.74) is 6.54. The van der Waals surface area contributed by atoms with Crippen molar-refractivity contribution in [2.75, 3.05) is 11.1 Å². The van der Waals surface area contributed by atoms with Crippen molar-refractivity contribution in [1.29, 1.82) is 0 Å². The molecule has 0 saturated carbocycles. The van der Waals surface area contributed by atoms with Crippen LogP contribution in [-0.2, 0) is 0 Å². The van der Waals surface area contributed by atoms with Crippen LogP contribution in [0.4, 0.5) is 11.5 Å². The summed E-state index contributed by atoms with van der Waals surface area (Å²) in [7, 11) is 0. The Morgan fingerprint density at radius 1 is 1.33 bits per heavy atom. The van der Waals surface area contributed by atoms with Gasteiger partial charge in [0.25, 0.3) is 5.91 Å². The van der Waals surface area contributed by atoms with Crippen LogP contribution in [0.15, 0.2) is 41.0 Å². The Morgan fingerprint density at radius 3 is 2.78 bits per heavy atom. The Bertz CT molecular complexity index is 586. The number of nitrogen functional groups attached to an aromatic ring is 1. The smallest absolute Gasteiger partial charge is 0.258 e. The minimum atomic E-state index is -0.316. The molecule has 0 fully saturated rings. The van der Waals surface area contributed by atoms with E-state index < -0.39 is 0 Å². The summed E-state index contributed by atoms with van der Waals surface area (Å²) in [6, 6.07) is 8.35. The van der Waals surface area contributed by atoms with Gasteiger partial charge in [-0.1, -0.05) is 27.5 Å². The molecule has 0 aliphatic carbocycles. The lowest BCUT2D eigenvalue weighted by Crippen LogP contribution is -2.14. The number of hydrogen-bond acceptors (Lipinski definition) is 3. The Balaban J connectivity index is 2.21. The molecule has 0 aliphatic rings. The largest absolute Gasteiger partial charge is 0.398 e. The number of nitrogens with zero attached hydrogens (tertiary/aromatic N) is 1. The standard InChI is InChI=1S/C12H9BrClN3O/c13-7-1-3-10(15)9(5-7)12(18)17-11-4-2-8(14)6-16-11/h1-6H,15H2,(H,16,17,18). The highest BCUT2D eigenvalue weighted by Crippen LogP contribution is 2.19. The van der Waals surface area contributed by atoms with Crippen molar-refractivity contribution in [2.24, 2.45) is 0 Å². The summed E-state index contributed by atoms with van der Waals surface area (Å²) in [6.45, 7) is 0. The molecule has 0 atom stereocenters. The molecule has 0 unspecified atom stereocenters. The van der Waals surface area contributed by atoms with E-state index in [9.17, 15) is 4.79 Å². The molecular formula is C12H9BrClN3O. The molecule has 92 valence electrons. The molecule has 2 aromatic rings. The van der Waals surface area contributed by atoms with Gasteiger partial charge in [0.05, 0.1) is 10.6 Å². The number of amides is 1. The highest BCUT2D eigenvalue weighted by atomic mass is 79.9. The fraction of sp³-hybridized carbons (Fsp3) is 0. The van der Waals surface area contributed by atoms with E-state index in [1.807, 2.05) is 0 Å². The van der Waals surface area contributed by atoms with Crippen LogP contribution in [0.3, 0.4) is 0 Å². The van der Waals surface area contributed by atoms with Gasteiger partial charge in [0, 0.05) is 16.4 Å². The number of carbonyl (C=O) groups excluding carboxylic acids is 1. The van der Waals surface area contributed by atoms with Crippen LogP contribution in [0.2, 0.25) is 5.02 Å². The number of nitrogens with two attached hydrogens (primary N) is 1. The molecule has 1 aromatic carbocycles. The molecule has 18 heavy (non-hydrogen) atoms. The lowest BCUT2D eigenvalue weighted by molar-refractivity contribution is 0.102. The van der Waals surface area contributed by atoms with Crippen LogP contribution in [0.25, 0.3) is 0 Å². The maximum atomic E-state index is 12.0. The first kappa shape index (κ1) is 12.9. The molecule has 0 bridgehead atoms. The quantitative estimate of drug-likeness (QED) is 0.832. The van der Waals surface area contributed by atoms with Crippen molar-refractivity contribution >= 4 is 44.9 Å². The summed E-state index contributed by atoms with van der Waals surface area (Å²) in [5.74, 6) is 0.104. The van der Waals surface area contributed by atoms with Gasteiger partial charge in [0.15, 0.2) is 0 Å². The van der Waals surface area contributed by atoms with Gasteiger partial charge in [-0.05, 0) is 30.3 Å². The van der Waals surface area contributed by atoms with Crippen LogP contribution >= 0.6 is 27.5 Å². The molecule has 0 saturated heterocycles. The van der Waals surface area contributed by atoms with Gasteiger partial charge < -0.3 is 11.1 Å². The van der Waals surface area contributed by atoms with Crippen molar-refractivity contribution in [3.8, 4) is 0 Å². The third-order valence-corrected chi connectivity index (χ3v) is 2.95. The molecule has 1 aromatic heterocycles. The molecule has 2 rings (SSSR count). The first-order valence-corrected chi connectivity index (χ1v) is 6.21. The minimum Gasteiger partial charge on any atom is -0.398 e. The zero-order valence-corrected chi connectivity index (χ0v) is 11.5. The third-order valence-electron chi connectivity index (χ3n) is 2.23. The van der Waals surface area contributed by atoms with Crippen molar-refractivity contribution in [3.63, 3.8) is 0 Å². The maximum absolute atomic E-state index is 12.0. The minimum absolute atomic E-state index is 0.316. The maximum Gasteiger partial charge on any atom is 0.258 e. The Kier molecular flexibility index (Phi) is 3.84. The van der Waals surface area contributed by atoms with Gasteiger partial charge in [-0.25, -0.2) is 4.98 Å². The monoisotopic (exact) mass is 325 g/mol. The number of carbonyl (C=O) groups is 1. The number of anilines is 2. The van der Waals surface area contributed by atoms with Crippen molar-refractivity contribution in [2.45, 2.75) is 0 Å². The molecule has 4 nitrogen and oxygen atoms in total. The first-order chi connectivity index (χ1) is 8.56. The van der Waals surface area contributed by atoms with Crippen LogP contribution in [-0.4, -0.2) is 10.9 Å². The van der Waals surface area contributed by atoms with Crippen LogP contribution in [0.1, 0.15) is 10.4 Å². The van der Waals surface area contributed by atoms with Crippen molar-refractivity contribution in [1.82, 2.24) is 4.98 Å². The zero-order chi connectivity index (χ0) is 13.1. The van der Waals surface area contributed by atoms with E-state index in [1.165, 1.54) is 6.20 Å². The molecule has 1 heterocycles. The van der Waals surface area contributed by atoms with E-state index in [1.54, 1.807) is 30.3 Å². The number of rotatable bonds is 2. The number of halogens is 2. The summed E-state index contributed by atoms with van der Waals surface area (Å²) in [4.78, 5) is 16.0. The SMILES string of the molecule is Nc1ccc(Br)cc1C(=O)Nc1ccc(Cl)cn1. The first-order valence-electron chi connectivity index (χ1n) is 5.04. The van der Waals surface area contributed by atoms with Crippen molar-refractivity contribution in [3.05, 3.63) is 51.6 Å². The Labute approximate surface area is 117 Å². The predicted octanol–water partition coefficient (Wildman–Crippen LogP) is 3.33. The van der Waals surface area contributed by atoms with Gasteiger partial charge in [-0.2, -0.15) is 0 Å². The Morgan fingerprint density at radius 2 is 2.11 bits per heavy atom. The second-order valence-electron chi connectivity index (χ2n) is 3.55. The molecule has 0 spiro atoms. The van der Waals surface area contributed by atoms with E-state index in [0.29, 0.717) is 22.1 Å². The van der Waals surface area contributed by atoms with Gasteiger partial charge in [-0.3, -0.25) is 4.79 Å². The van der Waals surface area contributed by atoms with Gasteiger partial charge in [-0.15, -0.1) is 0 Å².